The molecule has 1 atom stereocenters. The fourth-order valence-electron chi connectivity index (χ4n) is 1.56. The first-order valence-corrected chi connectivity index (χ1v) is 6.60. The van der Waals surface area contributed by atoms with Gasteiger partial charge in [-0.3, -0.25) is 10.1 Å². The van der Waals surface area contributed by atoms with Crippen LogP contribution in [0.2, 0.25) is 0 Å². The average molecular weight is 338 g/mol. The quantitative estimate of drug-likeness (QED) is 0.680. The van der Waals surface area contributed by atoms with Gasteiger partial charge in [-0.25, -0.2) is 4.98 Å². The molecule has 0 aliphatic rings. The maximum absolute atomic E-state index is 10.8. The minimum Gasteiger partial charge on any atom is -0.438 e. The molecule has 20 heavy (non-hydrogen) atoms. The Kier molecular flexibility index (Phi) is 4.31. The van der Waals surface area contributed by atoms with Gasteiger partial charge in [0.2, 0.25) is 5.88 Å². The molecule has 0 fully saturated rings. The molecule has 7 heteroatoms. The number of non-ortho nitro benzene ring substituents is 1. The molecule has 0 bridgehead atoms. The van der Waals surface area contributed by atoms with Gasteiger partial charge in [0.05, 0.1) is 15.5 Å². The fourth-order valence-corrected chi connectivity index (χ4v) is 1.89. The van der Waals surface area contributed by atoms with E-state index in [1.807, 2.05) is 6.92 Å². The Labute approximate surface area is 123 Å². The predicted molar refractivity (Wildman–Crippen MR) is 77.7 cm³/mol. The number of nitrogens with two attached hydrogens (primary N) is 1. The molecule has 1 heterocycles. The van der Waals surface area contributed by atoms with E-state index in [-0.39, 0.29) is 11.7 Å². The van der Waals surface area contributed by atoms with E-state index in [1.54, 1.807) is 24.4 Å². The van der Waals surface area contributed by atoms with Crippen LogP contribution in [0, 0.1) is 10.1 Å². The molecule has 6 nitrogen and oxygen atoms in total. The van der Waals surface area contributed by atoms with Gasteiger partial charge in [-0.05, 0) is 40.5 Å². The second-order valence-corrected chi connectivity index (χ2v) is 5.04. The normalized spacial score (nSPS) is 11.9. The van der Waals surface area contributed by atoms with E-state index in [0.717, 1.165) is 5.56 Å². The molecule has 1 aromatic heterocycles. The number of hydrogen-bond acceptors (Lipinski definition) is 5. The van der Waals surface area contributed by atoms with Crippen LogP contribution in [0.3, 0.4) is 0 Å². The van der Waals surface area contributed by atoms with Gasteiger partial charge in [-0.1, -0.05) is 0 Å². The van der Waals surface area contributed by atoms with Crippen molar-refractivity contribution in [1.82, 2.24) is 4.98 Å². The van der Waals surface area contributed by atoms with Crippen molar-refractivity contribution in [3.8, 4) is 11.6 Å². The van der Waals surface area contributed by atoms with Crippen molar-refractivity contribution < 1.29 is 9.66 Å². The van der Waals surface area contributed by atoms with Crippen molar-refractivity contribution in [3.63, 3.8) is 0 Å². The number of pyridine rings is 1. The van der Waals surface area contributed by atoms with Gasteiger partial charge in [-0.15, -0.1) is 0 Å². The molecule has 0 aliphatic carbocycles. The van der Waals surface area contributed by atoms with E-state index in [1.165, 1.54) is 12.1 Å². The molecule has 0 spiro atoms. The number of halogens is 1. The zero-order chi connectivity index (χ0) is 14.7. The van der Waals surface area contributed by atoms with Crippen molar-refractivity contribution in [2.75, 3.05) is 0 Å². The molecular formula is C13H12BrN3O3. The summed E-state index contributed by atoms with van der Waals surface area (Å²) in [5, 5.41) is 10.8. The number of hydrogen-bond donors (Lipinski definition) is 1. The lowest BCUT2D eigenvalue weighted by atomic mass is 10.1. The SMILES string of the molecule is C[C@H](N)c1ccnc(Oc2cc([N+](=O)[O-])ccc2Br)c1. The molecular weight excluding hydrogens is 326 g/mol. The minimum atomic E-state index is -0.481. The molecule has 0 saturated carbocycles. The Bertz CT molecular complexity index is 647. The number of rotatable bonds is 4. The van der Waals surface area contributed by atoms with Gasteiger partial charge in [0.25, 0.3) is 5.69 Å². The van der Waals surface area contributed by atoms with Crippen LogP contribution < -0.4 is 10.5 Å². The van der Waals surface area contributed by atoms with Crippen LogP contribution in [-0.4, -0.2) is 9.91 Å². The number of benzene rings is 1. The highest BCUT2D eigenvalue weighted by Gasteiger charge is 2.12. The molecule has 104 valence electrons. The van der Waals surface area contributed by atoms with E-state index in [2.05, 4.69) is 20.9 Å². The summed E-state index contributed by atoms with van der Waals surface area (Å²) in [5.74, 6) is 0.662. The summed E-state index contributed by atoms with van der Waals surface area (Å²) in [6.45, 7) is 1.85. The van der Waals surface area contributed by atoms with Gasteiger partial charge in [0.1, 0.15) is 0 Å². The number of nitro benzene ring substituents is 1. The molecule has 0 amide bonds. The third-order valence-corrected chi connectivity index (χ3v) is 3.28. The molecule has 2 rings (SSSR count). The van der Waals surface area contributed by atoms with Crippen LogP contribution in [0.5, 0.6) is 11.6 Å². The smallest absolute Gasteiger partial charge is 0.273 e. The Morgan fingerprint density at radius 2 is 2.15 bits per heavy atom. The maximum atomic E-state index is 10.8. The van der Waals surface area contributed by atoms with Crippen LogP contribution >= 0.6 is 15.9 Å². The highest BCUT2D eigenvalue weighted by molar-refractivity contribution is 9.10. The Hall–Kier alpha value is -1.99. The van der Waals surface area contributed by atoms with Gasteiger partial charge in [0.15, 0.2) is 5.75 Å². The number of aromatic nitrogens is 1. The van der Waals surface area contributed by atoms with E-state index in [9.17, 15) is 10.1 Å². The van der Waals surface area contributed by atoms with E-state index < -0.39 is 4.92 Å². The van der Waals surface area contributed by atoms with Crippen LogP contribution in [0.15, 0.2) is 41.0 Å². The summed E-state index contributed by atoms with van der Waals surface area (Å²) in [6, 6.07) is 7.64. The molecule has 0 saturated heterocycles. The van der Waals surface area contributed by atoms with Gasteiger partial charge in [-0.2, -0.15) is 0 Å². The van der Waals surface area contributed by atoms with Gasteiger partial charge in [0, 0.05) is 24.4 Å². The van der Waals surface area contributed by atoms with Crippen molar-refractivity contribution in [2.24, 2.45) is 5.73 Å². The summed E-state index contributed by atoms with van der Waals surface area (Å²) in [5.41, 5.74) is 6.61. The standard InChI is InChI=1S/C13H12BrN3O3/c1-8(15)9-4-5-16-13(6-9)20-12-7-10(17(18)19)2-3-11(12)14/h2-8H,15H2,1H3/t8-/m0/s1. The van der Waals surface area contributed by atoms with Crippen molar-refractivity contribution in [3.05, 3.63) is 56.7 Å². The first-order valence-electron chi connectivity index (χ1n) is 5.80. The number of nitrogens with zero attached hydrogens (tertiary/aromatic N) is 2. The van der Waals surface area contributed by atoms with Crippen molar-refractivity contribution >= 4 is 21.6 Å². The summed E-state index contributed by atoms with van der Waals surface area (Å²) >= 11 is 3.28. The summed E-state index contributed by atoms with van der Waals surface area (Å²) < 4.78 is 6.18. The summed E-state index contributed by atoms with van der Waals surface area (Å²) in [4.78, 5) is 14.3. The van der Waals surface area contributed by atoms with Crippen molar-refractivity contribution in [2.45, 2.75) is 13.0 Å². The Balaban J connectivity index is 2.32. The van der Waals surface area contributed by atoms with E-state index in [4.69, 9.17) is 10.5 Å². The topological polar surface area (TPSA) is 91.3 Å². The van der Waals surface area contributed by atoms with E-state index >= 15 is 0 Å². The lowest BCUT2D eigenvalue weighted by Gasteiger charge is -2.09. The first-order chi connectivity index (χ1) is 9.47. The largest absolute Gasteiger partial charge is 0.438 e. The molecule has 2 aromatic rings. The fraction of sp³-hybridized carbons (Fsp3) is 0.154. The van der Waals surface area contributed by atoms with Crippen LogP contribution in [0.1, 0.15) is 18.5 Å². The zero-order valence-electron chi connectivity index (χ0n) is 10.6. The van der Waals surface area contributed by atoms with Gasteiger partial charge < -0.3 is 10.5 Å². The number of nitro groups is 1. The predicted octanol–water partition coefficient (Wildman–Crippen LogP) is 3.56. The lowest BCUT2D eigenvalue weighted by Crippen LogP contribution is -2.05. The summed E-state index contributed by atoms with van der Waals surface area (Å²) in [7, 11) is 0. The highest BCUT2D eigenvalue weighted by Crippen LogP contribution is 2.32. The minimum absolute atomic E-state index is 0.0495. The number of ether oxygens (including phenoxy) is 1. The molecule has 1 aromatic carbocycles. The first kappa shape index (κ1) is 14.4. The summed E-state index contributed by atoms with van der Waals surface area (Å²) in [6.07, 6.45) is 1.58. The molecule has 0 radical (unpaired) electrons. The monoisotopic (exact) mass is 337 g/mol. The van der Waals surface area contributed by atoms with Gasteiger partial charge >= 0.3 is 0 Å². The lowest BCUT2D eigenvalue weighted by molar-refractivity contribution is -0.384. The Morgan fingerprint density at radius 1 is 1.40 bits per heavy atom. The highest BCUT2D eigenvalue weighted by atomic mass is 79.9. The second-order valence-electron chi connectivity index (χ2n) is 4.19. The van der Waals surface area contributed by atoms with Crippen LogP contribution in [0.4, 0.5) is 5.69 Å². The van der Waals surface area contributed by atoms with E-state index in [0.29, 0.717) is 16.1 Å². The maximum Gasteiger partial charge on any atom is 0.273 e. The Morgan fingerprint density at radius 3 is 2.80 bits per heavy atom. The third kappa shape index (κ3) is 3.31. The van der Waals surface area contributed by atoms with Crippen LogP contribution in [-0.2, 0) is 0 Å². The average Bonchev–Trinajstić information content (AvgIpc) is 2.41. The molecule has 2 N–H and O–H groups in total. The third-order valence-electron chi connectivity index (χ3n) is 2.62. The zero-order valence-corrected chi connectivity index (χ0v) is 12.2. The van der Waals surface area contributed by atoms with Crippen LogP contribution in [0.25, 0.3) is 0 Å². The molecule has 0 unspecified atom stereocenters. The second kappa shape index (κ2) is 5.98. The van der Waals surface area contributed by atoms with Crippen molar-refractivity contribution in [1.29, 1.82) is 0 Å². The molecule has 0 aliphatic heterocycles.